The van der Waals surface area contributed by atoms with Crippen molar-refractivity contribution in [1.82, 2.24) is 4.31 Å². The third-order valence-corrected chi connectivity index (χ3v) is 5.36. The zero-order valence-corrected chi connectivity index (χ0v) is 11.8. The Morgan fingerprint density at radius 2 is 1.94 bits per heavy atom. The second-order valence-corrected chi connectivity index (χ2v) is 6.87. The van der Waals surface area contributed by atoms with Crippen molar-refractivity contribution in [3.05, 3.63) is 28.7 Å². The summed E-state index contributed by atoms with van der Waals surface area (Å²) < 4.78 is 26.5. The molecule has 1 N–H and O–H groups in total. The Balaban J connectivity index is 2.36. The molecule has 2 rings (SSSR count). The molecular formula is C11H12BrNO4S. The lowest BCUT2D eigenvalue weighted by molar-refractivity contribution is -0.140. The van der Waals surface area contributed by atoms with Crippen molar-refractivity contribution in [2.45, 2.75) is 23.8 Å². The summed E-state index contributed by atoms with van der Waals surface area (Å²) in [5.41, 5.74) is 0. The van der Waals surface area contributed by atoms with E-state index >= 15 is 0 Å². The van der Waals surface area contributed by atoms with E-state index in [0.717, 1.165) is 8.78 Å². The molecule has 0 bridgehead atoms. The largest absolute Gasteiger partial charge is 0.480 e. The van der Waals surface area contributed by atoms with Crippen LogP contribution in [-0.4, -0.2) is 36.4 Å². The van der Waals surface area contributed by atoms with Crippen LogP contribution in [-0.2, 0) is 14.8 Å². The number of hydrogen-bond donors (Lipinski definition) is 1. The van der Waals surface area contributed by atoms with Gasteiger partial charge in [-0.05, 0) is 37.1 Å². The molecule has 98 valence electrons. The number of halogens is 1. The molecule has 0 aromatic heterocycles. The monoisotopic (exact) mass is 333 g/mol. The molecule has 0 radical (unpaired) electrons. The number of aliphatic carboxylic acids is 1. The van der Waals surface area contributed by atoms with E-state index in [1.165, 1.54) is 12.1 Å². The summed E-state index contributed by atoms with van der Waals surface area (Å²) in [6, 6.07) is 5.24. The normalized spacial score (nSPS) is 21.1. The average Bonchev–Trinajstić information content (AvgIpc) is 2.79. The van der Waals surface area contributed by atoms with Crippen LogP contribution in [0.3, 0.4) is 0 Å². The maximum Gasteiger partial charge on any atom is 0.322 e. The topological polar surface area (TPSA) is 74.7 Å². The third-order valence-electron chi connectivity index (χ3n) is 2.91. The first-order valence-electron chi connectivity index (χ1n) is 5.43. The lowest BCUT2D eigenvalue weighted by Gasteiger charge is -2.20. The van der Waals surface area contributed by atoms with Gasteiger partial charge >= 0.3 is 5.97 Å². The van der Waals surface area contributed by atoms with Gasteiger partial charge in [0.1, 0.15) is 6.04 Å². The van der Waals surface area contributed by atoms with Gasteiger partial charge in [-0.1, -0.05) is 15.9 Å². The molecule has 5 nitrogen and oxygen atoms in total. The fourth-order valence-corrected chi connectivity index (χ4v) is 3.93. The highest BCUT2D eigenvalue weighted by molar-refractivity contribution is 9.10. The van der Waals surface area contributed by atoms with Crippen LogP contribution in [0, 0.1) is 0 Å². The summed E-state index contributed by atoms with van der Waals surface area (Å²) in [5.74, 6) is -1.09. The Morgan fingerprint density at radius 3 is 2.50 bits per heavy atom. The van der Waals surface area contributed by atoms with Crippen LogP contribution in [0.15, 0.2) is 33.6 Å². The van der Waals surface area contributed by atoms with Gasteiger partial charge in [-0.2, -0.15) is 4.31 Å². The first-order valence-corrected chi connectivity index (χ1v) is 7.66. The van der Waals surface area contributed by atoms with E-state index in [9.17, 15) is 13.2 Å². The minimum absolute atomic E-state index is 0.124. The molecule has 0 aliphatic carbocycles. The summed E-state index contributed by atoms with van der Waals surface area (Å²) in [6.45, 7) is 0.259. The quantitative estimate of drug-likeness (QED) is 0.913. The molecule has 1 atom stereocenters. The van der Waals surface area contributed by atoms with Gasteiger partial charge < -0.3 is 5.11 Å². The van der Waals surface area contributed by atoms with Gasteiger partial charge in [0.2, 0.25) is 10.0 Å². The summed E-state index contributed by atoms with van der Waals surface area (Å²) in [5, 5.41) is 9.02. The minimum atomic E-state index is -3.72. The molecular weight excluding hydrogens is 322 g/mol. The van der Waals surface area contributed by atoms with E-state index in [1.54, 1.807) is 12.1 Å². The van der Waals surface area contributed by atoms with Crippen molar-refractivity contribution in [3.63, 3.8) is 0 Å². The molecule has 1 aliphatic rings. The predicted octanol–water partition coefficient (Wildman–Crippen LogP) is 1.69. The third kappa shape index (κ3) is 2.43. The Kier molecular flexibility index (Phi) is 3.74. The predicted molar refractivity (Wildman–Crippen MR) is 68.7 cm³/mol. The SMILES string of the molecule is O=C(O)[C@@H]1CCCN1S(=O)(=O)c1ccc(Br)cc1. The number of benzene rings is 1. The number of sulfonamides is 1. The maximum atomic E-state index is 12.3. The van der Waals surface area contributed by atoms with Crippen molar-refractivity contribution in [2.24, 2.45) is 0 Å². The Bertz CT molecular complexity index is 555. The maximum absolute atomic E-state index is 12.3. The van der Waals surface area contributed by atoms with Crippen LogP contribution in [0.4, 0.5) is 0 Å². The van der Waals surface area contributed by atoms with Crippen molar-refractivity contribution in [3.8, 4) is 0 Å². The zero-order valence-electron chi connectivity index (χ0n) is 9.41. The standard InChI is InChI=1S/C11H12BrNO4S/c12-8-3-5-9(6-4-8)18(16,17)13-7-1-2-10(13)11(14)15/h3-6,10H,1-2,7H2,(H,14,15)/t10-/m0/s1. The highest BCUT2D eigenvalue weighted by Crippen LogP contribution is 2.26. The van der Waals surface area contributed by atoms with Crippen LogP contribution >= 0.6 is 15.9 Å². The molecule has 0 saturated carbocycles. The molecule has 1 aromatic carbocycles. The number of carboxylic acids is 1. The van der Waals surface area contributed by atoms with Gasteiger partial charge in [0, 0.05) is 11.0 Å². The number of carbonyl (C=O) groups is 1. The second kappa shape index (κ2) is 4.99. The molecule has 1 aliphatic heterocycles. The molecule has 0 spiro atoms. The Morgan fingerprint density at radius 1 is 1.33 bits per heavy atom. The van der Waals surface area contributed by atoms with E-state index in [2.05, 4.69) is 15.9 Å². The van der Waals surface area contributed by atoms with Crippen molar-refractivity contribution < 1.29 is 18.3 Å². The second-order valence-electron chi connectivity index (χ2n) is 4.07. The molecule has 7 heteroatoms. The van der Waals surface area contributed by atoms with E-state index in [0.29, 0.717) is 12.8 Å². The number of rotatable bonds is 3. The van der Waals surface area contributed by atoms with Gasteiger partial charge in [0.15, 0.2) is 0 Å². The fourth-order valence-electron chi connectivity index (χ4n) is 2.02. The van der Waals surface area contributed by atoms with Crippen molar-refractivity contribution in [2.75, 3.05) is 6.54 Å². The fraction of sp³-hybridized carbons (Fsp3) is 0.364. The zero-order chi connectivity index (χ0) is 13.3. The first-order chi connectivity index (χ1) is 8.43. The Hall–Kier alpha value is -0.920. The van der Waals surface area contributed by atoms with Crippen LogP contribution in [0.25, 0.3) is 0 Å². The number of nitrogens with zero attached hydrogens (tertiary/aromatic N) is 1. The van der Waals surface area contributed by atoms with Gasteiger partial charge in [-0.3, -0.25) is 4.79 Å². The summed E-state index contributed by atoms with van der Waals surface area (Å²) >= 11 is 3.23. The minimum Gasteiger partial charge on any atom is -0.480 e. The summed E-state index contributed by atoms with van der Waals surface area (Å²) in [7, 11) is -3.72. The van der Waals surface area contributed by atoms with E-state index in [1.807, 2.05) is 0 Å². The van der Waals surface area contributed by atoms with Crippen molar-refractivity contribution >= 4 is 31.9 Å². The van der Waals surface area contributed by atoms with E-state index < -0.39 is 22.0 Å². The average molecular weight is 334 g/mol. The molecule has 1 aromatic rings. The molecule has 0 amide bonds. The van der Waals surface area contributed by atoms with Gasteiger partial charge in [0.05, 0.1) is 4.90 Å². The van der Waals surface area contributed by atoms with E-state index in [-0.39, 0.29) is 11.4 Å². The summed E-state index contributed by atoms with van der Waals surface area (Å²) in [6.07, 6.45) is 0.942. The highest BCUT2D eigenvalue weighted by Gasteiger charge is 2.39. The first kappa shape index (κ1) is 13.5. The molecule has 18 heavy (non-hydrogen) atoms. The molecule has 1 heterocycles. The van der Waals surface area contributed by atoms with Crippen LogP contribution in [0.1, 0.15) is 12.8 Å². The van der Waals surface area contributed by atoms with Gasteiger partial charge in [0.25, 0.3) is 0 Å². The summed E-state index contributed by atoms with van der Waals surface area (Å²) in [4.78, 5) is 11.2. The molecule has 1 fully saturated rings. The van der Waals surface area contributed by atoms with Crippen LogP contribution in [0.5, 0.6) is 0 Å². The van der Waals surface area contributed by atoms with Crippen molar-refractivity contribution in [1.29, 1.82) is 0 Å². The molecule has 0 unspecified atom stereocenters. The smallest absolute Gasteiger partial charge is 0.322 e. The van der Waals surface area contributed by atoms with Gasteiger partial charge in [-0.25, -0.2) is 8.42 Å². The number of hydrogen-bond acceptors (Lipinski definition) is 3. The van der Waals surface area contributed by atoms with Crippen LogP contribution < -0.4 is 0 Å². The molecule has 1 saturated heterocycles. The highest BCUT2D eigenvalue weighted by atomic mass is 79.9. The van der Waals surface area contributed by atoms with Crippen LogP contribution in [0.2, 0.25) is 0 Å². The van der Waals surface area contributed by atoms with E-state index in [4.69, 9.17) is 5.11 Å². The van der Waals surface area contributed by atoms with Gasteiger partial charge in [-0.15, -0.1) is 0 Å². The lowest BCUT2D eigenvalue weighted by Crippen LogP contribution is -2.40. The Labute approximate surface area is 114 Å². The number of carboxylic acid groups (broad SMARTS) is 1. The lowest BCUT2D eigenvalue weighted by atomic mass is 10.2.